The highest BCUT2D eigenvalue weighted by molar-refractivity contribution is 5.97. The number of methoxy groups -OCH3 is 1. The first-order valence-corrected chi connectivity index (χ1v) is 17.8. The van der Waals surface area contributed by atoms with Crippen molar-refractivity contribution in [2.24, 2.45) is 11.8 Å². The molecule has 0 radical (unpaired) electrons. The first kappa shape index (κ1) is 29.3. The quantitative estimate of drug-likeness (QED) is 0.215. The number of hydrogen-bond acceptors (Lipinski definition) is 5. The number of aromatic nitrogens is 2. The summed E-state index contributed by atoms with van der Waals surface area (Å²) in [6.45, 7) is 2.23. The fourth-order valence-corrected chi connectivity index (χ4v) is 8.64. The highest BCUT2D eigenvalue weighted by Crippen LogP contribution is 2.49. The van der Waals surface area contributed by atoms with E-state index >= 15 is 0 Å². The van der Waals surface area contributed by atoms with Crippen LogP contribution >= 0.6 is 0 Å². The molecular weight excluding hydrogens is 615 g/mol. The van der Waals surface area contributed by atoms with E-state index in [0.29, 0.717) is 17.6 Å². The van der Waals surface area contributed by atoms with Crippen LogP contribution < -0.4 is 14.4 Å². The van der Waals surface area contributed by atoms with Crippen molar-refractivity contribution >= 4 is 28.2 Å². The summed E-state index contributed by atoms with van der Waals surface area (Å²) < 4.78 is 13.2. The van der Waals surface area contributed by atoms with Gasteiger partial charge in [0, 0.05) is 52.9 Å². The number of hydrogen-bond donors (Lipinski definition) is 0. The number of nitrogens with zero attached hydrogens (tertiary/aromatic N) is 3. The van der Waals surface area contributed by atoms with E-state index in [2.05, 4.69) is 126 Å². The molecular formula is C45H37N3O2. The molecule has 5 nitrogen and oxygen atoms in total. The van der Waals surface area contributed by atoms with Crippen LogP contribution in [-0.4, -0.2) is 30.2 Å². The zero-order valence-electron chi connectivity index (χ0n) is 28.1. The van der Waals surface area contributed by atoms with E-state index in [9.17, 15) is 0 Å². The van der Waals surface area contributed by atoms with Crippen molar-refractivity contribution in [3.05, 3.63) is 172 Å². The third-order valence-electron chi connectivity index (χ3n) is 11.1. The monoisotopic (exact) mass is 651 g/mol. The molecule has 1 fully saturated rings. The molecule has 0 spiro atoms. The molecule has 2 aliphatic heterocycles. The number of anilines is 1. The van der Waals surface area contributed by atoms with Crippen molar-refractivity contribution < 1.29 is 9.47 Å². The molecule has 6 aliphatic rings. The van der Waals surface area contributed by atoms with Gasteiger partial charge in [-0.2, -0.15) is 4.98 Å². The molecule has 3 aromatic carbocycles. The van der Waals surface area contributed by atoms with Gasteiger partial charge in [-0.15, -0.1) is 0 Å². The standard InChI is InChI=1S/C45H37N3O2/c1-49-44-42-37-25-26-45(32-11-4-2-5-12-32,33-17-19-34(20-18-33)48-27-6-3-7-28-48)50-39(37)24-23-38(42)46-43(47-44)36-22-16-31-14-13-29-9-8-10-30-15-21-35(36)41(31)40(29)30/h2,4-5,8-26,30-31H,3,6-7,27-28H2,1H3. The van der Waals surface area contributed by atoms with Gasteiger partial charge in [0.15, 0.2) is 11.4 Å². The summed E-state index contributed by atoms with van der Waals surface area (Å²) in [4.78, 5) is 12.8. The van der Waals surface area contributed by atoms with Crippen LogP contribution in [0.1, 0.15) is 41.8 Å². The van der Waals surface area contributed by atoms with Crippen molar-refractivity contribution in [1.82, 2.24) is 9.97 Å². The number of benzene rings is 3. The average molecular weight is 652 g/mol. The molecule has 3 atom stereocenters. The molecule has 1 aromatic heterocycles. The zero-order chi connectivity index (χ0) is 33.2. The Bertz CT molecular complexity index is 2310. The summed E-state index contributed by atoms with van der Waals surface area (Å²) in [5.41, 5.74) is 10.6. The Morgan fingerprint density at radius 1 is 0.740 bits per heavy atom. The van der Waals surface area contributed by atoms with Gasteiger partial charge < -0.3 is 14.4 Å². The maximum atomic E-state index is 7.12. The predicted molar refractivity (Wildman–Crippen MR) is 201 cm³/mol. The number of allylic oxidation sites excluding steroid dienone is 14. The predicted octanol–water partition coefficient (Wildman–Crippen LogP) is 9.47. The van der Waals surface area contributed by atoms with Gasteiger partial charge >= 0.3 is 0 Å². The Labute approximate surface area is 292 Å². The molecule has 0 N–H and O–H groups in total. The second-order valence-electron chi connectivity index (χ2n) is 13.9. The number of rotatable bonds is 5. The fourth-order valence-electron chi connectivity index (χ4n) is 8.64. The molecule has 244 valence electrons. The highest BCUT2D eigenvalue weighted by Gasteiger charge is 2.38. The van der Waals surface area contributed by atoms with Gasteiger partial charge in [-0.25, -0.2) is 4.98 Å². The molecule has 0 bridgehead atoms. The largest absolute Gasteiger partial charge is 0.480 e. The van der Waals surface area contributed by atoms with Gasteiger partial charge in [-0.3, -0.25) is 0 Å². The van der Waals surface area contributed by atoms with Crippen LogP contribution in [0.5, 0.6) is 11.6 Å². The van der Waals surface area contributed by atoms with Crippen LogP contribution in [0.4, 0.5) is 5.69 Å². The molecule has 0 saturated carbocycles. The van der Waals surface area contributed by atoms with E-state index in [1.807, 2.05) is 12.1 Å². The van der Waals surface area contributed by atoms with Gasteiger partial charge in [0.05, 0.1) is 18.0 Å². The smallest absolute Gasteiger partial charge is 0.225 e. The number of fused-ring (bicyclic) bond motifs is 3. The lowest BCUT2D eigenvalue weighted by Crippen LogP contribution is -2.34. The summed E-state index contributed by atoms with van der Waals surface area (Å²) >= 11 is 0. The maximum Gasteiger partial charge on any atom is 0.225 e. The summed E-state index contributed by atoms with van der Waals surface area (Å²) in [6.07, 6.45) is 28.4. The van der Waals surface area contributed by atoms with Gasteiger partial charge in [0.1, 0.15) is 5.75 Å². The minimum atomic E-state index is -0.789. The molecule has 4 aliphatic carbocycles. The number of piperidine rings is 1. The van der Waals surface area contributed by atoms with Crippen LogP contribution in [0.3, 0.4) is 0 Å². The van der Waals surface area contributed by atoms with Gasteiger partial charge in [-0.05, 0) is 78.0 Å². The SMILES string of the molecule is COc1nc(C2=C3C=CC4C=CC=C5C=CC(C=C2)C3=C54)nc2ccc3c(c12)C=CC(c1ccccc1)(c1ccc(N2CCCCC2)cc1)O3. The van der Waals surface area contributed by atoms with Crippen molar-refractivity contribution in [3.63, 3.8) is 0 Å². The normalized spacial score (nSPS) is 24.3. The molecule has 5 heteroatoms. The van der Waals surface area contributed by atoms with Crippen LogP contribution in [0.2, 0.25) is 0 Å². The first-order valence-electron chi connectivity index (χ1n) is 17.8. The van der Waals surface area contributed by atoms with Crippen molar-refractivity contribution in [2.45, 2.75) is 24.9 Å². The van der Waals surface area contributed by atoms with E-state index in [-0.39, 0.29) is 5.92 Å². The minimum Gasteiger partial charge on any atom is -0.480 e. The highest BCUT2D eigenvalue weighted by atomic mass is 16.5. The molecule has 3 heterocycles. The fraction of sp³-hybridized carbons (Fsp3) is 0.200. The van der Waals surface area contributed by atoms with Crippen molar-refractivity contribution in [2.75, 3.05) is 25.1 Å². The van der Waals surface area contributed by atoms with Gasteiger partial charge in [0.2, 0.25) is 5.88 Å². The van der Waals surface area contributed by atoms with Crippen LogP contribution in [0.25, 0.3) is 22.6 Å². The number of ether oxygens (including phenoxy) is 2. The zero-order valence-corrected chi connectivity index (χ0v) is 28.1. The molecule has 0 amide bonds. The Hall–Kier alpha value is -5.68. The lowest BCUT2D eigenvalue weighted by atomic mass is 9.69. The summed E-state index contributed by atoms with van der Waals surface area (Å²) in [5, 5.41) is 0.847. The molecule has 10 rings (SSSR count). The lowest BCUT2D eigenvalue weighted by molar-refractivity contribution is 0.161. The first-order chi connectivity index (χ1) is 24.7. The Balaban J connectivity index is 1.07. The molecule has 3 unspecified atom stereocenters. The third-order valence-corrected chi connectivity index (χ3v) is 11.1. The van der Waals surface area contributed by atoms with Crippen LogP contribution in [-0.2, 0) is 5.60 Å². The van der Waals surface area contributed by atoms with E-state index in [1.165, 1.54) is 47.2 Å². The second kappa shape index (κ2) is 11.4. The topological polar surface area (TPSA) is 47.5 Å². The molecule has 1 saturated heterocycles. The van der Waals surface area contributed by atoms with Gasteiger partial charge in [0.25, 0.3) is 0 Å². The van der Waals surface area contributed by atoms with Crippen LogP contribution in [0, 0.1) is 11.8 Å². The van der Waals surface area contributed by atoms with Crippen molar-refractivity contribution in [3.8, 4) is 11.6 Å². The maximum absolute atomic E-state index is 7.12. The van der Waals surface area contributed by atoms with E-state index < -0.39 is 5.60 Å². The average Bonchev–Trinajstić information content (AvgIpc) is 3.19. The Kier molecular flexibility index (Phi) is 6.70. The summed E-state index contributed by atoms with van der Waals surface area (Å²) in [7, 11) is 1.69. The Morgan fingerprint density at radius 3 is 2.32 bits per heavy atom. The summed E-state index contributed by atoms with van der Waals surface area (Å²) in [6, 6.07) is 23.5. The second-order valence-corrected chi connectivity index (χ2v) is 13.9. The van der Waals surface area contributed by atoms with E-state index in [0.717, 1.165) is 52.0 Å². The third kappa shape index (κ3) is 4.46. The van der Waals surface area contributed by atoms with Crippen LogP contribution in [0.15, 0.2) is 150 Å². The summed E-state index contributed by atoms with van der Waals surface area (Å²) in [5.74, 6) is 2.52. The molecule has 50 heavy (non-hydrogen) atoms. The van der Waals surface area contributed by atoms with Gasteiger partial charge in [-0.1, -0.05) is 97.1 Å². The molecule has 4 aromatic rings. The van der Waals surface area contributed by atoms with Crippen molar-refractivity contribution in [1.29, 1.82) is 0 Å². The van der Waals surface area contributed by atoms with E-state index in [4.69, 9.17) is 19.4 Å². The van der Waals surface area contributed by atoms with E-state index in [1.54, 1.807) is 7.11 Å². The lowest BCUT2D eigenvalue weighted by Gasteiger charge is -2.37. The Morgan fingerprint density at radius 2 is 1.50 bits per heavy atom. The minimum absolute atomic E-state index is 0.252.